The number of urea groups is 1. The number of amides is 3. The Balaban J connectivity index is 1.71. The first-order chi connectivity index (χ1) is 12.1. The Labute approximate surface area is 145 Å². The lowest BCUT2D eigenvalue weighted by molar-refractivity contribution is -0.525. The van der Waals surface area contributed by atoms with Crippen molar-refractivity contribution in [1.82, 2.24) is 9.80 Å². The average molecular weight is 342 g/mol. The first-order valence-corrected chi connectivity index (χ1v) is 8.29. The number of aliphatic imine (C=N–C) groups is 1. The van der Waals surface area contributed by atoms with E-state index in [2.05, 4.69) is 9.89 Å². The third-order valence-electron chi connectivity index (χ3n) is 4.90. The number of nitrogens with zero attached hydrogens (tertiary/aromatic N) is 5. The molecule has 130 valence electrons. The third-order valence-corrected chi connectivity index (χ3v) is 4.90. The van der Waals surface area contributed by atoms with Gasteiger partial charge in [0.25, 0.3) is 5.91 Å². The standard InChI is InChI=1S/C17H20N5O3/c1-4-20-15(23)13-14(19(2)17(20)24)18-16-21(9-10-22(13)16)11-5-7-12(25-3)8-6-11/h5-8,13H,4,9-10H2,1-3H3/q+1. The molecule has 0 saturated carbocycles. The zero-order valence-corrected chi connectivity index (χ0v) is 14.5. The van der Waals surface area contributed by atoms with Gasteiger partial charge in [-0.3, -0.25) is 14.6 Å². The predicted molar refractivity (Wildman–Crippen MR) is 92.2 cm³/mol. The third kappa shape index (κ3) is 2.13. The van der Waals surface area contributed by atoms with Gasteiger partial charge in [0.1, 0.15) is 18.0 Å². The van der Waals surface area contributed by atoms with Crippen LogP contribution in [0.3, 0.4) is 0 Å². The van der Waals surface area contributed by atoms with Gasteiger partial charge in [0, 0.05) is 13.6 Å². The fourth-order valence-electron chi connectivity index (χ4n) is 3.56. The number of fused-ring (bicyclic) bond motifs is 2. The second kappa shape index (κ2) is 5.58. The lowest BCUT2D eigenvalue weighted by Crippen LogP contribution is -2.62. The molecule has 0 bridgehead atoms. The number of carbonyl (C=O) groups is 2. The Morgan fingerprint density at radius 2 is 2.00 bits per heavy atom. The van der Waals surface area contributed by atoms with Crippen LogP contribution in [0.15, 0.2) is 29.3 Å². The number of imide groups is 1. The second-order valence-electron chi connectivity index (χ2n) is 6.14. The summed E-state index contributed by atoms with van der Waals surface area (Å²) in [6, 6.07) is 6.89. The Bertz CT molecular complexity index is 814. The quantitative estimate of drug-likeness (QED) is 0.754. The number of likely N-dealkylation sites (N-methyl/N-ethyl adjacent to an activating group) is 2. The van der Waals surface area contributed by atoms with Crippen LogP contribution in [-0.4, -0.2) is 77.9 Å². The number of amidine groups is 1. The molecule has 1 aromatic rings. The molecule has 1 unspecified atom stereocenters. The van der Waals surface area contributed by atoms with Gasteiger partial charge < -0.3 is 4.74 Å². The van der Waals surface area contributed by atoms with Crippen molar-refractivity contribution >= 4 is 29.4 Å². The zero-order valence-electron chi connectivity index (χ0n) is 14.5. The summed E-state index contributed by atoms with van der Waals surface area (Å²) in [5.74, 6) is 1.82. The highest BCUT2D eigenvalue weighted by atomic mass is 16.5. The van der Waals surface area contributed by atoms with E-state index < -0.39 is 6.04 Å². The maximum absolute atomic E-state index is 12.8. The van der Waals surface area contributed by atoms with Gasteiger partial charge >= 0.3 is 12.0 Å². The highest BCUT2D eigenvalue weighted by Crippen LogP contribution is 2.27. The average Bonchev–Trinajstić information content (AvgIpc) is 3.19. The number of carbonyl (C=O) groups excluding carboxylic acids is 2. The van der Waals surface area contributed by atoms with Gasteiger partial charge in [-0.2, -0.15) is 0 Å². The Morgan fingerprint density at radius 1 is 1.28 bits per heavy atom. The fraction of sp³-hybridized carbons (Fsp3) is 0.412. The second-order valence-corrected chi connectivity index (χ2v) is 6.14. The van der Waals surface area contributed by atoms with Gasteiger partial charge in [-0.25, -0.2) is 14.3 Å². The van der Waals surface area contributed by atoms with Gasteiger partial charge in [-0.15, -0.1) is 0 Å². The molecular formula is C17H20N5O3+. The van der Waals surface area contributed by atoms with Crippen LogP contribution in [0.1, 0.15) is 6.92 Å². The van der Waals surface area contributed by atoms with E-state index in [0.717, 1.165) is 23.9 Å². The zero-order chi connectivity index (χ0) is 17.7. The van der Waals surface area contributed by atoms with E-state index in [9.17, 15) is 9.59 Å². The van der Waals surface area contributed by atoms with Crippen molar-refractivity contribution in [3.63, 3.8) is 0 Å². The van der Waals surface area contributed by atoms with Crippen molar-refractivity contribution in [1.29, 1.82) is 0 Å². The lowest BCUT2D eigenvalue weighted by Gasteiger charge is -2.33. The van der Waals surface area contributed by atoms with Crippen LogP contribution in [0.2, 0.25) is 0 Å². The maximum Gasteiger partial charge on any atom is 0.397 e. The Kier molecular flexibility index (Phi) is 3.48. The summed E-state index contributed by atoms with van der Waals surface area (Å²) in [5.41, 5.74) is 0.982. The molecule has 0 radical (unpaired) electrons. The summed E-state index contributed by atoms with van der Waals surface area (Å²) >= 11 is 0. The van der Waals surface area contributed by atoms with Crippen LogP contribution in [-0.2, 0) is 4.79 Å². The van der Waals surface area contributed by atoms with Gasteiger partial charge in [-0.05, 0) is 31.2 Å². The summed E-state index contributed by atoms with van der Waals surface area (Å²) in [6.45, 7) is 3.59. The molecule has 4 rings (SSSR count). The summed E-state index contributed by atoms with van der Waals surface area (Å²) in [7, 11) is 3.30. The van der Waals surface area contributed by atoms with E-state index in [4.69, 9.17) is 4.74 Å². The molecule has 0 N–H and O–H groups in total. The SMILES string of the molecule is CCN1C(=O)C2C(=NC3=[N+]2CCN3c2ccc(OC)cc2)N(C)C1=O. The summed E-state index contributed by atoms with van der Waals surface area (Å²) in [5, 5.41) is 0. The van der Waals surface area contributed by atoms with Gasteiger partial charge in [0.2, 0.25) is 11.9 Å². The van der Waals surface area contributed by atoms with E-state index in [-0.39, 0.29) is 11.9 Å². The van der Waals surface area contributed by atoms with Crippen molar-refractivity contribution in [2.24, 2.45) is 4.99 Å². The number of hydrogen-bond donors (Lipinski definition) is 0. The van der Waals surface area contributed by atoms with Crippen molar-refractivity contribution in [3.8, 4) is 5.75 Å². The van der Waals surface area contributed by atoms with E-state index in [0.29, 0.717) is 18.9 Å². The van der Waals surface area contributed by atoms with Crippen LogP contribution in [0, 0.1) is 0 Å². The number of methoxy groups -OCH3 is 1. The van der Waals surface area contributed by atoms with Crippen molar-refractivity contribution in [3.05, 3.63) is 24.3 Å². The highest BCUT2D eigenvalue weighted by molar-refractivity contribution is 6.24. The molecule has 3 aliphatic heterocycles. The molecule has 0 spiro atoms. The van der Waals surface area contributed by atoms with Gasteiger partial charge in [0.05, 0.1) is 13.7 Å². The van der Waals surface area contributed by atoms with Crippen LogP contribution in [0.25, 0.3) is 0 Å². The first kappa shape index (κ1) is 15.6. The monoisotopic (exact) mass is 342 g/mol. The normalized spacial score (nSPS) is 22.4. The maximum atomic E-state index is 12.8. The molecule has 25 heavy (non-hydrogen) atoms. The Hall–Kier alpha value is -2.90. The van der Waals surface area contributed by atoms with E-state index in [1.54, 1.807) is 21.1 Å². The summed E-state index contributed by atoms with van der Waals surface area (Å²) in [4.78, 5) is 34.6. The Morgan fingerprint density at radius 3 is 2.64 bits per heavy atom. The molecule has 3 aliphatic rings. The molecule has 8 nitrogen and oxygen atoms in total. The minimum absolute atomic E-state index is 0.198. The molecule has 1 aromatic carbocycles. The number of anilines is 1. The topological polar surface area (TPSA) is 68.5 Å². The molecule has 1 saturated heterocycles. The number of benzene rings is 1. The number of rotatable bonds is 3. The van der Waals surface area contributed by atoms with Crippen LogP contribution >= 0.6 is 0 Å². The highest BCUT2D eigenvalue weighted by Gasteiger charge is 2.55. The van der Waals surface area contributed by atoms with Crippen LogP contribution < -0.4 is 9.64 Å². The number of hydrogen-bond acceptors (Lipinski definition) is 5. The first-order valence-electron chi connectivity index (χ1n) is 8.29. The number of ether oxygens (including phenoxy) is 1. The van der Waals surface area contributed by atoms with Crippen molar-refractivity contribution in [2.45, 2.75) is 13.0 Å². The van der Waals surface area contributed by atoms with Gasteiger partial charge in [0.15, 0.2) is 0 Å². The molecule has 0 aromatic heterocycles. The molecule has 3 amide bonds. The molecule has 1 fully saturated rings. The fourth-order valence-corrected chi connectivity index (χ4v) is 3.56. The largest absolute Gasteiger partial charge is 0.497 e. The molecule has 0 aliphatic carbocycles. The minimum atomic E-state index is -0.513. The molecular weight excluding hydrogens is 322 g/mol. The molecule has 8 heteroatoms. The van der Waals surface area contributed by atoms with Crippen LogP contribution in [0.5, 0.6) is 5.75 Å². The van der Waals surface area contributed by atoms with Gasteiger partial charge in [-0.1, -0.05) is 4.99 Å². The predicted octanol–water partition coefficient (Wildman–Crippen LogP) is 0.578. The minimum Gasteiger partial charge on any atom is -0.497 e. The van der Waals surface area contributed by atoms with Crippen LogP contribution in [0.4, 0.5) is 10.5 Å². The van der Waals surface area contributed by atoms with Crippen molar-refractivity contribution < 1.29 is 18.9 Å². The molecule has 1 atom stereocenters. The smallest absolute Gasteiger partial charge is 0.397 e. The van der Waals surface area contributed by atoms with E-state index >= 15 is 0 Å². The number of guanidine groups is 1. The van der Waals surface area contributed by atoms with E-state index in [1.165, 1.54) is 9.80 Å². The van der Waals surface area contributed by atoms with E-state index in [1.807, 2.05) is 28.8 Å². The lowest BCUT2D eigenvalue weighted by atomic mass is 10.1. The summed E-state index contributed by atoms with van der Waals surface area (Å²) < 4.78 is 7.18. The summed E-state index contributed by atoms with van der Waals surface area (Å²) in [6.07, 6.45) is 0. The van der Waals surface area contributed by atoms with Crippen molar-refractivity contribution in [2.75, 3.05) is 38.7 Å². The molecule has 3 heterocycles.